The minimum Gasteiger partial charge on any atom is -0.379 e. The zero-order chi connectivity index (χ0) is 21.5. The number of hydrogen-bond acceptors (Lipinski definition) is 7. The minimum absolute atomic E-state index is 0.00204. The van der Waals surface area contributed by atoms with Crippen LogP contribution < -0.4 is 15.1 Å². The number of benzene rings is 1. The number of hydrogen-bond donors (Lipinski definition) is 2. The van der Waals surface area contributed by atoms with Crippen LogP contribution in [-0.4, -0.2) is 79.0 Å². The van der Waals surface area contributed by atoms with Gasteiger partial charge in [0, 0.05) is 42.4 Å². The molecule has 3 aromatic rings. The smallest absolute Gasteiger partial charge is 0.239 e. The maximum atomic E-state index is 12.7. The molecule has 0 aliphatic carbocycles. The fourth-order valence-corrected chi connectivity index (χ4v) is 4.89. The van der Waals surface area contributed by atoms with E-state index in [1.165, 1.54) is 0 Å². The summed E-state index contributed by atoms with van der Waals surface area (Å²) < 4.78 is 11.1. The van der Waals surface area contributed by atoms with Gasteiger partial charge in [-0.15, -0.1) is 0 Å². The number of nitrogens with one attached hydrogen (secondary N) is 2. The fraction of sp³-hybridized carbons (Fsp3) is 0.435. The quantitative estimate of drug-likeness (QED) is 0.643. The summed E-state index contributed by atoms with van der Waals surface area (Å²) in [5.74, 6) is 1.56. The molecule has 0 spiro atoms. The van der Waals surface area contributed by atoms with Crippen LogP contribution in [-0.2, 0) is 14.3 Å². The van der Waals surface area contributed by atoms with Crippen molar-refractivity contribution in [2.45, 2.75) is 18.5 Å². The zero-order valence-corrected chi connectivity index (χ0v) is 17.8. The van der Waals surface area contributed by atoms with E-state index in [4.69, 9.17) is 19.4 Å². The predicted octanol–water partition coefficient (Wildman–Crippen LogP) is 1.56. The fourth-order valence-electron chi connectivity index (χ4n) is 4.89. The summed E-state index contributed by atoms with van der Waals surface area (Å²) in [5, 5.41) is 4.18. The van der Waals surface area contributed by atoms with Gasteiger partial charge in [0.05, 0.1) is 50.3 Å². The van der Waals surface area contributed by atoms with Crippen molar-refractivity contribution >= 4 is 28.3 Å². The molecule has 9 heteroatoms. The Morgan fingerprint density at radius 2 is 2.16 bits per heavy atom. The van der Waals surface area contributed by atoms with E-state index in [1.54, 1.807) is 0 Å². The molecule has 1 unspecified atom stereocenters. The Morgan fingerprint density at radius 1 is 1.22 bits per heavy atom. The molecule has 2 fully saturated rings. The number of morpholine rings is 1. The molecule has 5 heterocycles. The van der Waals surface area contributed by atoms with Crippen molar-refractivity contribution in [2.24, 2.45) is 0 Å². The molecule has 2 atom stereocenters. The SMILES string of the molecule is O=C(CN1C[C@@H]2COCCN2c2nc(-c3cccc4[nH]ccc34)ncc21)NC1CCOC1. The summed E-state index contributed by atoms with van der Waals surface area (Å²) in [7, 11) is 0. The lowest BCUT2D eigenvalue weighted by Crippen LogP contribution is -2.57. The highest BCUT2D eigenvalue weighted by molar-refractivity contribution is 5.94. The molecular formula is C23H26N6O3. The number of carbonyl (C=O) groups excluding carboxylic acids is 1. The molecule has 1 amide bonds. The second-order valence-corrected chi connectivity index (χ2v) is 8.58. The van der Waals surface area contributed by atoms with E-state index in [1.807, 2.05) is 36.7 Å². The number of nitrogens with zero attached hydrogens (tertiary/aromatic N) is 4. The van der Waals surface area contributed by atoms with E-state index >= 15 is 0 Å². The number of ether oxygens (including phenoxy) is 2. The van der Waals surface area contributed by atoms with Crippen LogP contribution in [0.1, 0.15) is 6.42 Å². The van der Waals surface area contributed by atoms with E-state index in [-0.39, 0.29) is 24.5 Å². The molecular weight excluding hydrogens is 408 g/mol. The normalized spacial score (nSPS) is 22.6. The van der Waals surface area contributed by atoms with E-state index in [0.29, 0.717) is 38.8 Å². The average molecular weight is 435 g/mol. The van der Waals surface area contributed by atoms with E-state index in [2.05, 4.69) is 20.1 Å². The number of rotatable bonds is 4. The van der Waals surface area contributed by atoms with Gasteiger partial charge in [-0.1, -0.05) is 12.1 Å². The highest BCUT2D eigenvalue weighted by atomic mass is 16.5. The number of anilines is 2. The highest BCUT2D eigenvalue weighted by Gasteiger charge is 2.35. The third-order valence-corrected chi connectivity index (χ3v) is 6.49. The lowest BCUT2D eigenvalue weighted by molar-refractivity contribution is -0.120. The van der Waals surface area contributed by atoms with Gasteiger partial charge in [0.1, 0.15) is 0 Å². The van der Waals surface area contributed by atoms with Crippen LogP contribution in [0.25, 0.3) is 22.3 Å². The largest absolute Gasteiger partial charge is 0.379 e. The Morgan fingerprint density at radius 3 is 3.06 bits per heavy atom. The summed E-state index contributed by atoms with van der Waals surface area (Å²) in [6, 6.07) is 8.41. The molecule has 6 rings (SSSR count). The summed E-state index contributed by atoms with van der Waals surface area (Å²) in [4.78, 5) is 30.1. The molecule has 3 aliphatic heterocycles. The minimum atomic E-state index is -0.00204. The third-order valence-electron chi connectivity index (χ3n) is 6.49. The molecule has 2 saturated heterocycles. The zero-order valence-electron chi connectivity index (χ0n) is 17.8. The van der Waals surface area contributed by atoms with Crippen molar-refractivity contribution in [1.29, 1.82) is 0 Å². The first-order chi connectivity index (χ1) is 15.8. The molecule has 2 aromatic heterocycles. The Hall–Kier alpha value is -3.17. The van der Waals surface area contributed by atoms with Gasteiger partial charge in [-0.25, -0.2) is 9.97 Å². The van der Waals surface area contributed by atoms with Gasteiger partial charge >= 0.3 is 0 Å². The Balaban J connectivity index is 1.34. The van der Waals surface area contributed by atoms with Gasteiger partial charge < -0.3 is 29.6 Å². The number of aromatic nitrogens is 3. The van der Waals surface area contributed by atoms with Crippen LogP contribution in [0.3, 0.4) is 0 Å². The van der Waals surface area contributed by atoms with Crippen molar-refractivity contribution < 1.29 is 14.3 Å². The van der Waals surface area contributed by atoms with Gasteiger partial charge in [0.2, 0.25) is 5.91 Å². The second-order valence-electron chi connectivity index (χ2n) is 8.58. The van der Waals surface area contributed by atoms with Crippen LogP contribution in [0.15, 0.2) is 36.7 Å². The average Bonchev–Trinajstić information content (AvgIpc) is 3.50. The topological polar surface area (TPSA) is 95.6 Å². The highest BCUT2D eigenvalue weighted by Crippen LogP contribution is 2.36. The summed E-state index contributed by atoms with van der Waals surface area (Å²) >= 11 is 0. The monoisotopic (exact) mass is 434 g/mol. The van der Waals surface area contributed by atoms with Crippen LogP contribution in [0.5, 0.6) is 0 Å². The summed E-state index contributed by atoms with van der Waals surface area (Å²) in [6.07, 6.45) is 4.66. The van der Waals surface area contributed by atoms with E-state index < -0.39 is 0 Å². The van der Waals surface area contributed by atoms with Crippen molar-refractivity contribution in [1.82, 2.24) is 20.3 Å². The first kappa shape index (κ1) is 19.5. The third kappa shape index (κ3) is 3.47. The van der Waals surface area contributed by atoms with Crippen LogP contribution in [0.4, 0.5) is 11.5 Å². The standard InChI is InChI=1S/C23H26N6O3/c30-21(26-15-5-8-31-13-15)12-28-11-16-14-32-9-7-29(16)23-20(28)10-25-22(27-23)18-2-1-3-19-17(18)4-6-24-19/h1-4,6,10,15-16,24H,5,7-9,11-14H2,(H,26,30)/t15?,16-/m1/s1. The number of amides is 1. The molecule has 9 nitrogen and oxygen atoms in total. The van der Waals surface area contributed by atoms with Crippen molar-refractivity contribution in [3.8, 4) is 11.4 Å². The lowest BCUT2D eigenvalue weighted by atomic mass is 10.1. The van der Waals surface area contributed by atoms with Crippen molar-refractivity contribution in [3.05, 3.63) is 36.7 Å². The lowest BCUT2D eigenvalue weighted by Gasteiger charge is -2.45. The molecule has 3 aliphatic rings. The van der Waals surface area contributed by atoms with E-state index in [9.17, 15) is 4.79 Å². The molecule has 0 radical (unpaired) electrons. The maximum absolute atomic E-state index is 12.7. The molecule has 1 aromatic carbocycles. The molecule has 166 valence electrons. The predicted molar refractivity (Wildman–Crippen MR) is 121 cm³/mol. The number of carbonyl (C=O) groups is 1. The Labute approximate surface area is 185 Å². The molecule has 32 heavy (non-hydrogen) atoms. The van der Waals surface area contributed by atoms with Crippen molar-refractivity contribution in [2.75, 3.05) is 55.9 Å². The first-order valence-electron chi connectivity index (χ1n) is 11.2. The molecule has 0 saturated carbocycles. The van der Waals surface area contributed by atoms with Gasteiger partial charge in [-0.05, 0) is 18.6 Å². The van der Waals surface area contributed by atoms with Gasteiger partial charge in [0.25, 0.3) is 0 Å². The summed E-state index contributed by atoms with van der Waals surface area (Å²) in [6.45, 7) is 4.34. The number of fused-ring (bicyclic) bond motifs is 4. The molecule has 2 N–H and O–H groups in total. The second kappa shape index (κ2) is 8.07. The van der Waals surface area contributed by atoms with Crippen LogP contribution in [0, 0.1) is 0 Å². The molecule has 0 bridgehead atoms. The van der Waals surface area contributed by atoms with Crippen LogP contribution in [0.2, 0.25) is 0 Å². The maximum Gasteiger partial charge on any atom is 0.239 e. The number of H-pyrrole nitrogens is 1. The number of aromatic amines is 1. The summed E-state index contributed by atoms with van der Waals surface area (Å²) in [5.41, 5.74) is 2.95. The van der Waals surface area contributed by atoms with Crippen molar-refractivity contribution in [3.63, 3.8) is 0 Å². The Kier molecular flexibility index (Phi) is 4.92. The first-order valence-corrected chi connectivity index (χ1v) is 11.2. The van der Waals surface area contributed by atoms with Gasteiger partial charge in [0.15, 0.2) is 11.6 Å². The van der Waals surface area contributed by atoms with E-state index in [0.717, 1.165) is 40.9 Å². The van der Waals surface area contributed by atoms with Gasteiger partial charge in [-0.2, -0.15) is 0 Å². The van der Waals surface area contributed by atoms with Crippen LogP contribution >= 0.6 is 0 Å². The van der Waals surface area contributed by atoms with Gasteiger partial charge in [-0.3, -0.25) is 4.79 Å². The Bertz CT molecular complexity index is 1140.